The maximum Gasteiger partial charge on any atom is 0.172 e. The minimum absolute atomic E-state index is 0.0783. The maximum atomic E-state index is 8.99. The predicted molar refractivity (Wildman–Crippen MR) is 46.1 cm³/mol. The molecule has 5 nitrogen and oxygen atoms in total. The summed E-state index contributed by atoms with van der Waals surface area (Å²) in [5.74, 6) is 0. The average Bonchev–Trinajstić information content (AvgIpc) is 2.17. The molecule has 4 atom stereocenters. The Kier molecular flexibility index (Phi) is 4.08. The Morgan fingerprint density at radius 1 is 1.46 bits per heavy atom. The standard InChI is InChI=1S/C8H17NO4/c1-11-6-3-5(9)8(12-2)13-7(6)4-10/h5-8,10H,3-4,9H2,1-2H3/t5?,6-,7?,8+/m0/s1. The van der Waals surface area contributed by atoms with Gasteiger partial charge in [0.1, 0.15) is 6.10 Å². The summed E-state index contributed by atoms with van der Waals surface area (Å²) in [6.07, 6.45) is -0.287. The van der Waals surface area contributed by atoms with E-state index in [1.807, 2.05) is 0 Å². The fourth-order valence-electron chi connectivity index (χ4n) is 1.53. The van der Waals surface area contributed by atoms with Gasteiger partial charge in [-0.2, -0.15) is 0 Å². The molecule has 1 saturated heterocycles. The van der Waals surface area contributed by atoms with Crippen molar-refractivity contribution in [3.63, 3.8) is 0 Å². The van der Waals surface area contributed by atoms with E-state index in [-0.39, 0.29) is 24.9 Å². The number of methoxy groups -OCH3 is 2. The van der Waals surface area contributed by atoms with Crippen LogP contribution in [0.4, 0.5) is 0 Å². The van der Waals surface area contributed by atoms with E-state index < -0.39 is 6.29 Å². The summed E-state index contributed by atoms with van der Waals surface area (Å²) in [7, 11) is 3.11. The predicted octanol–water partition coefficient (Wildman–Crippen LogP) is -0.918. The first-order valence-electron chi connectivity index (χ1n) is 4.30. The summed E-state index contributed by atoms with van der Waals surface area (Å²) in [4.78, 5) is 0. The lowest BCUT2D eigenvalue weighted by Crippen LogP contribution is -2.53. The Bertz CT molecular complexity index is 155. The summed E-state index contributed by atoms with van der Waals surface area (Å²) in [5, 5.41) is 8.99. The Balaban J connectivity index is 2.54. The molecule has 0 spiro atoms. The van der Waals surface area contributed by atoms with Crippen molar-refractivity contribution < 1.29 is 19.3 Å². The molecule has 0 aromatic rings. The Morgan fingerprint density at radius 2 is 2.15 bits per heavy atom. The van der Waals surface area contributed by atoms with Gasteiger partial charge in [-0.1, -0.05) is 0 Å². The first-order chi connectivity index (χ1) is 6.22. The summed E-state index contributed by atoms with van der Waals surface area (Å²) >= 11 is 0. The fraction of sp³-hybridized carbons (Fsp3) is 1.00. The van der Waals surface area contributed by atoms with Gasteiger partial charge in [-0.05, 0) is 6.42 Å². The molecule has 1 fully saturated rings. The largest absolute Gasteiger partial charge is 0.394 e. The van der Waals surface area contributed by atoms with E-state index in [4.69, 9.17) is 25.1 Å². The molecule has 0 aromatic carbocycles. The van der Waals surface area contributed by atoms with Crippen LogP contribution >= 0.6 is 0 Å². The zero-order valence-electron chi connectivity index (χ0n) is 7.97. The number of aliphatic hydroxyl groups is 1. The van der Waals surface area contributed by atoms with Crippen molar-refractivity contribution in [3.05, 3.63) is 0 Å². The third kappa shape index (κ3) is 2.38. The summed E-state index contributed by atoms with van der Waals surface area (Å²) in [6, 6.07) is -0.197. The monoisotopic (exact) mass is 191 g/mol. The molecule has 78 valence electrons. The van der Waals surface area contributed by atoms with Gasteiger partial charge in [0.15, 0.2) is 6.29 Å². The van der Waals surface area contributed by atoms with Crippen LogP contribution in [0, 0.1) is 0 Å². The normalized spacial score (nSPS) is 40.6. The quantitative estimate of drug-likeness (QED) is 0.603. The highest BCUT2D eigenvalue weighted by Gasteiger charge is 2.36. The zero-order chi connectivity index (χ0) is 9.84. The molecule has 0 amide bonds. The summed E-state index contributed by atoms with van der Waals surface area (Å²) < 4.78 is 15.5. The molecule has 2 unspecified atom stereocenters. The smallest absolute Gasteiger partial charge is 0.172 e. The second-order valence-electron chi connectivity index (χ2n) is 3.13. The number of aliphatic hydroxyl groups excluding tert-OH is 1. The van der Waals surface area contributed by atoms with E-state index in [1.54, 1.807) is 7.11 Å². The van der Waals surface area contributed by atoms with Crippen molar-refractivity contribution in [2.24, 2.45) is 5.73 Å². The van der Waals surface area contributed by atoms with Crippen LogP contribution in [-0.4, -0.2) is 50.5 Å². The minimum Gasteiger partial charge on any atom is -0.394 e. The van der Waals surface area contributed by atoms with Crippen molar-refractivity contribution in [1.82, 2.24) is 0 Å². The molecular formula is C8H17NO4. The van der Waals surface area contributed by atoms with Crippen LogP contribution in [0.1, 0.15) is 6.42 Å². The Hall–Kier alpha value is -0.200. The van der Waals surface area contributed by atoms with Gasteiger partial charge in [0.25, 0.3) is 0 Å². The molecule has 0 aliphatic carbocycles. The van der Waals surface area contributed by atoms with E-state index in [0.717, 1.165) is 0 Å². The van der Waals surface area contributed by atoms with E-state index in [1.165, 1.54) is 7.11 Å². The average molecular weight is 191 g/mol. The van der Waals surface area contributed by atoms with Crippen molar-refractivity contribution in [3.8, 4) is 0 Å². The number of nitrogens with two attached hydrogens (primary N) is 1. The van der Waals surface area contributed by atoms with Crippen molar-refractivity contribution in [2.45, 2.75) is 31.0 Å². The second-order valence-corrected chi connectivity index (χ2v) is 3.13. The van der Waals surface area contributed by atoms with Gasteiger partial charge in [-0.25, -0.2) is 0 Å². The lowest BCUT2D eigenvalue weighted by molar-refractivity contribution is -0.232. The van der Waals surface area contributed by atoms with Crippen molar-refractivity contribution >= 4 is 0 Å². The number of ether oxygens (including phenoxy) is 3. The first kappa shape index (κ1) is 10.9. The van der Waals surface area contributed by atoms with E-state index >= 15 is 0 Å². The molecule has 0 aromatic heterocycles. The SMILES string of the molecule is CO[C@@H]1OC(CO)[C@@H](OC)CC1N. The molecular weight excluding hydrogens is 174 g/mol. The third-order valence-corrected chi connectivity index (χ3v) is 2.29. The first-order valence-corrected chi connectivity index (χ1v) is 4.30. The molecule has 3 N–H and O–H groups in total. The van der Waals surface area contributed by atoms with Gasteiger partial charge in [-0.15, -0.1) is 0 Å². The van der Waals surface area contributed by atoms with E-state index in [2.05, 4.69) is 0 Å². The molecule has 0 radical (unpaired) electrons. The van der Waals surface area contributed by atoms with Crippen molar-refractivity contribution in [1.29, 1.82) is 0 Å². The molecule has 0 bridgehead atoms. The highest BCUT2D eigenvalue weighted by Crippen LogP contribution is 2.21. The highest BCUT2D eigenvalue weighted by molar-refractivity contribution is 4.83. The highest BCUT2D eigenvalue weighted by atomic mass is 16.7. The van der Waals surface area contributed by atoms with Gasteiger partial charge >= 0.3 is 0 Å². The van der Waals surface area contributed by atoms with Crippen LogP contribution < -0.4 is 5.73 Å². The zero-order valence-corrected chi connectivity index (χ0v) is 7.97. The number of rotatable bonds is 3. The molecule has 13 heavy (non-hydrogen) atoms. The number of hydrogen-bond donors (Lipinski definition) is 2. The Morgan fingerprint density at radius 3 is 2.62 bits per heavy atom. The van der Waals surface area contributed by atoms with Crippen molar-refractivity contribution in [2.75, 3.05) is 20.8 Å². The second kappa shape index (κ2) is 4.88. The van der Waals surface area contributed by atoms with Crippen LogP contribution in [0.3, 0.4) is 0 Å². The van der Waals surface area contributed by atoms with E-state index in [9.17, 15) is 0 Å². The Labute approximate surface area is 77.8 Å². The number of hydrogen-bond acceptors (Lipinski definition) is 5. The van der Waals surface area contributed by atoms with Gasteiger partial charge in [0.2, 0.25) is 0 Å². The lowest BCUT2D eigenvalue weighted by Gasteiger charge is -2.37. The fourth-order valence-corrected chi connectivity index (χ4v) is 1.53. The topological polar surface area (TPSA) is 73.9 Å². The summed E-state index contributed by atoms with van der Waals surface area (Å²) in [5.41, 5.74) is 5.76. The van der Waals surface area contributed by atoms with Gasteiger partial charge < -0.3 is 25.1 Å². The minimum atomic E-state index is -0.441. The molecule has 5 heteroatoms. The molecule has 1 rings (SSSR count). The van der Waals surface area contributed by atoms with Gasteiger partial charge in [0.05, 0.1) is 18.8 Å². The third-order valence-electron chi connectivity index (χ3n) is 2.29. The van der Waals surface area contributed by atoms with Crippen LogP contribution in [0.2, 0.25) is 0 Å². The molecule has 1 heterocycles. The summed E-state index contributed by atoms with van der Waals surface area (Å²) in [6.45, 7) is -0.0783. The molecule has 1 aliphatic heterocycles. The lowest BCUT2D eigenvalue weighted by atomic mass is 10.0. The maximum absolute atomic E-state index is 8.99. The van der Waals surface area contributed by atoms with Crippen LogP contribution in [0.15, 0.2) is 0 Å². The van der Waals surface area contributed by atoms with E-state index in [0.29, 0.717) is 6.42 Å². The van der Waals surface area contributed by atoms with Crippen LogP contribution in [-0.2, 0) is 14.2 Å². The van der Waals surface area contributed by atoms with Gasteiger partial charge in [0, 0.05) is 14.2 Å². The van der Waals surface area contributed by atoms with Crippen LogP contribution in [0.5, 0.6) is 0 Å². The van der Waals surface area contributed by atoms with Crippen LogP contribution in [0.25, 0.3) is 0 Å². The van der Waals surface area contributed by atoms with Gasteiger partial charge in [-0.3, -0.25) is 0 Å². The molecule has 1 aliphatic rings. The molecule has 0 saturated carbocycles.